The number of fused-ring (bicyclic) bond motifs is 1. The van der Waals surface area contributed by atoms with Gasteiger partial charge in [-0.1, -0.05) is 41.9 Å². The lowest BCUT2D eigenvalue weighted by atomic mass is 9.91. The molecule has 0 radical (unpaired) electrons. The third-order valence-electron chi connectivity index (χ3n) is 5.71. The molecule has 166 valence electrons. The van der Waals surface area contributed by atoms with Crippen LogP contribution in [0.1, 0.15) is 29.2 Å². The Morgan fingerprint density at radius 1 is 1.16 bits per heavy atom. The van der Waals surface area contributed by atoms with Crippen molar-refractivity contribution in [2.24, 2.45) is 0 Å². The van der Waals surface area contributed by atoms with E-state index in [2.05, 4.69) is 18.0 Å². The molecule has 0 bridgehead atoms. The molecule has 5 nitrogen and oxygen atoms in total. The van der Waals surface area contributed by atoms with E-state index in [1.54, 1.807) is 17.3 Å². The van der Waals surface area contributed by atoms with Crippen molar-refractivity contribution in [2.75, 3.05) is 13.2 Å². The Labute approximate surface area is 193 Å². The van der Waals surface area contributed by atoms with Gasteiger partial charge in [0.1, 0.15) is 11.4 Å². The van der Waals surface area contributed by atoms with Crippen LogP contribution in [0.4, 0.5) is 0 Å². The molecule has 0 saturated heterocycles. The van der Waals surface area contributed by atoms with Crippen molar-refractivity contribution in [3.05, 3.63) is 94.3 Å². The number of amides is 1. The first-order valence-corrected chi connectivity index (χ1v) is 11.1. The number of aromatic nitrogens is 1. The molecule has 32 heavy (non-hydrogen) atoms. The van der Waals surface area contributed by atoms with Gasteiger partial charge in [-0.15, -0.1) is 0 Å². The smallest absolute Gasteiger partial charge is 0.227 e. The number of pyridine rings is 1. The number of hydrogen-bond acceptors (Lipinski definition) is 4. The Kier molecular flexibility index (Phi) is 6.77. The number of carbonyl (C=O) groups is 1. The maximum absolute atomic E-state index is 13.0. The molecule has 0 fully saturated rings. The predicted octanol–water partition coefficient (Wildman–Crippen LogP) is 4.23. The average molecular weight is 451 g/mol. The molecular weight excluding hydrogens is 424 g/mol. The van der Waals surface area contributed by atoms with E-state index in [-0.39, 0.29) is 24.5 Å². The minimum absolute atomic E-state index is 0.0225. The van der Waals surface area contributed by atoms with E-state index in [4.69, 9.17) is 16.3 Å². The van der Waals surface area contributed by atoms with E-state index in [9.17, 15) is 9.90 Å². The van der Waals surface area contributed by atoms with Crippen LogP contribution in [0.25, 0.3) is 0 Å². The number of carbonyl (C=O) groups excluding carboxylic acids is 1. The van der Waals surface area contributed by atoms with Gasteiger partial charge in [0.15, 0.2) is 0 Å². The maximum Gasteiger partial charge on any atom is 0.227 e. The van der Waals surface area contributed by atoms with Crippen LogP contribution in [0.5, 0.6) is 5.75 Å². The van der Waals surface area contributed by atoms with Crippen LogP contribution in [0.3, 0.4) is 0 Å². The second-order valence-corrected chi connectivity index (χ2v) is 8.99. The summed E-state index contributed by atoms with van der Waals surface area (Å²) in [5, 5.41) is 10.1. The summed E-state index contributed by atoms with van der Waals surface area (Å²) in [6, 6.07) is 17.6. The second-order valence-electron chi connectivity index (χ2n) is 8.55. The molecule has 1 aliphatic heterocycles. The van der Waals surface area contributed by atoms with E-state index in [0.717, 1.165) is 40.3 Å². The number of hydrogen-bond donors (Lipinski definition) is 1. The standard InChI is InChI=1S/C26H27ClN2O3/c1-26(15-19-4-7-23(27)8-5-19)16-22-13-20(6-9-24(22)32-26)14-25(31)29(11-12-30)18-21-3-2-10-28-17-21/h2-10,13,17,30H,11-12,14-16,18H2,1H3/t26-/m0/s1. The molecule has 1 atom stereocenters. The fourth-order valence-electron chi connectivity index (χ4n) is 4.23. The van der Waals surface area contributed by atoms with E-state index >= 15 is 0 Å². The van der Waals surface area contributed by atoms with Gasteiger partial charge in [0.25, 0.3) is 0 Å². The predicted molar refractivity (Wildman–Crippen MR) is 125 cm³/mol. The molecule has 1 aliphatic rings. The summed E-state index contributed by atoms with van der Waals surface area (Å²) in [5.41, 5.74) is 3.85. The number of nitrogens with zero attached hydrogens (tertiary/aromatic N) is 2. The van der Waals surface area contributed by atoms with Gasteiger partial charge in [-0.25, -0.2) is 0 Å². The van der Waals surface area contributed by atoms with Gasteiger partial charge in [0, 0.05) is 43.3 Å². The molecule has 1 aromatic heterocycles. The summed E-state index contributed by atoms with van der Waals surface area (Å²) in [7, 11) is 0. The Balaban J connectivity index is 1.43. The highest BCUT2D eigenvalue weighted by Crippen LogP contribution is 2.37. The third kappa shape index (κ3) is 5.47. The van der Waals surface area contributed by atoms with Gasteiger partial charge in [-0.05, 0) is 53.4 Å². The zero-order valence-electron chi connectivity index (χ0n) is 18.1. The summed E-state index contributed by atoms with van der Waals surface area (Å²) in [4.78, 5) is 18.7. The number of aliphatic hydroxyl groups excluding tert-OH is 1. The largest absolute Gasteiger partial charge is 0.487 e. The lowest BCUT2D eigenvalue weighted by Gasteiger charge is -2.24. The first-order valence-electron chi connectivity index (χ1n) is 10.8. The van der Waals surface area contributed by atoms with Crippen LogP contribution < -0.4 is 4.74 Å². The average Bonchev–Trinajstić information content (AvgIpc) is 3.11. The van der Waals surface area contributed by atoms with Crippen molar-refractivity contribution in [3.63, 3.8) is 0 Å². The summed E-state index contributed by atoms with van der Waals surface area (Å²) >= 11 is 6.00. The molecular formula is C26H27ClN2O3. The fourth-order valence-corrected chi connectivity index (χ4v) is 4.35. The molecule has 4 rings (SSSR count). The highest BCUT2D eigenvalue weighted by Gasteiger charge is 2.35. The van der Waals surface area contributed by atoms with E-state index in [0.29, 0.717) is 13.1 Å². The SMILES string of the molecule is C[C@]1(Cc2ccc(Cl)cc2)Cc2cc(CC(=O)N(CCO)Cc3cccnc3)ccc2O1. The number of halogens is 1. The van der Waals surface area contributed by atoms with Crippen LogP contribution in [-0.2, 0) is 30.6 Å². The summed E-state index contributed by atoms with van der Waals surface area (Å²) in [6.07, 6.45) is 5.29. The van der Waals surface area contributed by atoms with E-state index in [1.807, 2.05) is 48.5 Å². The topological polar surface area (TPSA) is 62.7 Å². The lowest BCUT2D eigenvalue weighted by molar-refractivity contribution is -0.131. The minimum Gasteiger partial charge on any atom is -0.487 e. The Bertz CT molecular complexity index is 1070. The molecule has 6 heteroatoms. The number of rotatable bonds is 8. The Morgan fingerprint density at radius 2 is 1.94 bits per heavy atom. The summed E-state index contributed by atoms with van der Waals surface area (Å²) in [6.45, 7) is 2.76. The monoisotopic (exact) mass is 450 g/mol. The van der Waals surface area contributed by atoms with Crippen molar-refractivity contribution in [3.8, 4) is 5.75 Å². The summed E-state index contributed by atoms with van der Waals surface area (Å²) in [5.74, 6) is 0.853. The minimum atomic E-state index is -0.331. The summed E-state index contributed by atoms with van der Waals surface area (Å²) < 4.78 is 6.29. The van der Waals surface area contributed by atoms with Crippen molar-refractivity contribution < 1.29 is 14.6 Å². The highest BCUT2D eigenvalue weighted by molar-refractivity contribution is 6.30. The highest BCUT2D eigenvalue weighted by atomic mass is 35.5. The molecule has 0 saturated carbocycles. The van der Waals surface area contributed by atoms with Crippen LogP contribution >= 0.6 is 11.6 Å². The third-order valence-corrected chi connectivity index (χ3v) is 5.96. The second kappa shape index (κ2) is 9.72. The molecule has 3 aromatic rings. The molecule has 1 amide bonds. The van der Waals surface area contributed by atoms with Crippen molar-refractivity contribution >= 4 is 17.5 Å². The Morgan fingerprint density at radius 3 is 2.66 bits per heavy atom. The van der Waals surface area contributed by atoms with Gasteiger partial charge in [-0.2, -0.15) is 0 Å². The molecule has 2 aromatic carbocycles. The number of benzene rings is 2. The van der Waals surface area contributed by atoms with E-state index < -0.39 is 0 Å². The van der Waals surface area contributed by atoms with Crippen molar-refractivity contribution in [2.45, 2.75) is 38.3 Å². The van der Waals surface area contributed by atoms with Gasteiger partial charge < -0.3 is 14.7 Å². The zero-order chi connectivity index (χ0) is 22.6. The van der Waals surface area contributed by atoms with Crippen LogP contribution in [-0.4, -0.2) is 39.7 Å². The van der Waals surface area contributed by atoms with Crippen molar-refractivity contribution in [1.82, 2.24) is 9.88 Å². The zero-order valence-corrected chi connectivity index (χ0v) is 18.9. The van der Waals surface area contributed by atoms with Crippen LogP contribution in [0, 0.1) is 0 Å². The number of ether oxygens (including phenoxy) is 1. The molecule has 2 heterocycles. The fraction of sp³-hybridized carbons (Fsp3) is 0.308. The van der Waals surface area contributed by atoms with Gasteiger partial charge in [0.2, 0.25) is 5.91 Å². The van der Waals surface area contributed by atoms with Crippen molar-refractivity contribution in [1.29, 1.82) is 0 Å². The van der Waals surface area contributed by atoms with Crippen LogP contribution in [0.15, 0.2) is 67.0 Å². The number of aliphatic hydroxyl groups is 1. The molecule has 1 N–H and O–H groups in total. The molecule has 0 spiro atoms. The first kappa shape index (κ1) is 22.3. The van der Waals surface area contributed by atoms with Gasteiger partial charge >= 0.3 is 0 Å². The normalized spacial score (nSPS) is 17.0. The van der Waals surface area contributed by atoms with Gasteiger partial charge in [0.05, 0.1) is 13.0 Å². The van der Waals surface area contributed by atoms with E-state index in [1.165, 1.54) is 5.56 Å². The first-order chi connectivity index (χ1) is 15.4. The maximum atomic E-state index is 13.0. The Hall–Kier alpha value is -2.89. The molecule has 0 aliphatic carbocycles. The van der Waals surface area contributed by atoms with Gasteiger partial charge in [-0.3, -0.25) is 9.78 Å². The quantitative estimate of drug-likeness (QED) is 0.557. The lowest BCUT2D eigenvalue weighted by Crippen LogP contribution is -2.34. The molecule has 0 unspecified atom stereocenters. The van der Waals surface area contributed by atoms with Crippen LogP contribution in [0.2, 0.25) is 5.02 Å².